The molecular formula is C43H77N5O3. The van der Waals surface area contributed by atoms with E-state index in [0.29, 0.717) is 30.3 Å². The smallest absolute Gasteiger partial charge is 0.271 e. The highest BCUT2D eigenvalue weighted by Gasteiger charge is 2.54. The summed E-state index contributed by atoms with van der Waals surface area (Å²) in [6, 6.07) is -0.157. The number of nitrogens with zero attached hydrogens (tertiary/aromatic N) is 1. The lowest BCUT2D eigenvalue weighted by Gasteiger charge is -2.41. The van der Waals surface area contributed by atoms with E-state index in [2.05, 4.69) is 88.4 Å². The number of rotatable bonds is 19. The molecule has 1 aliphatic heterocycles. The van der Waals surface area contributed by atoms with Crippen LogP contribution in [0.3, 0.4) is 0 Å². The first kappa shape index (κ1) is 44.1. The highest BCUT2D eigenvalue weighted by atomic mass is 16.7. The minimum Gasteiger partial charge on any atom is -0.469 e. The Morgan fingerprint density at radius 2 is 1.57 bits per heavy atom. The van der Waals surface area contributed by atoms with Gasteiger partial charge >= 0.3 is 0 Å². The van der Waals surface area contributed by atoms with Gasteiger partial charge in [0.05, 0.1) is 36.3 Å². The van der Waals surface area contributed by atoms with Crippen molar-refractivity contribution in [2.24, 2.45) is 28.9 Å². The maximum atomic E-state index is 13.0. The molecule has 4 rings (SSSR count). The van der Waals surface area contributed by atoms with Crippen molar-refractivity contribution in [3.8, 4) is 0 Å². The van der Waals surface area contributed by atoms with Crippen molar-refractivity contribution >= 4 is 5.78 Å². The van der Waals surface area contributed by atoms with E-state index in [1.165, 1.54) is 51.4 Å². The largest absolute Gasteiger partial charge is 0.469 e. The average molecular weight is 712 g/mol. The molecule has 51 heavy (non-hydrogen) atoms. The molecule has 1 saturated heterocycles. The van der Waals surface area contributed by atoms with Gasteiger partial charge in [0.15, 0.2) is 5.78 Å². The molecule has 8 heteroatoms. The summed E-state index contributed by atoms with van der Waals surface area (Å²) in [6.45, 7) is 37.7. The Labute approximate surface area is 313 Å². The van der Waals surface area contributed by atoms with E-state index >= 15 is 0 Å². The molecule has 0 aromatic heterocycles. The van der Waals surface area contributed by atoms with Gasteiger partial charge in [-0.1, -0.05) is 133 Å². The predicted octanol–water partition coefficient (Wildman–Crippen LogP) is 9.04. The number of hydrogen-bond donors (Lipinski definition) is 4. The predicted molar refractivity (Wildman–Crippen MR) is 215 cm³/mol. The highest BCUT2D eigenvalue weighted by Crippen LogP contribution is 2.52. The zero-order valence-electron chi connectivity index (χ0n) is 34.1. The number of likely N-dealkylation sites (tertiary alicyclic amines) is 1. The molecule has 4 aliphatic rings. The average Bonchev–Trinajstić information content (AvgIpc) is 3.79. The summed E-state index contributed by atoms with van der Waals surface area (Å²) in [5.74, 6) is 2.78. The van der Waals surface area contributed by atoms with Gasteiger partial charge in [-0.2, -0.15) is 0 Å². The van der Waals surface area contributed by atoms with Crippen LogP contribution < -0.4 is 21.7 Å². The molecule has 3 unspecified atom stereocenters. The SMILES string of the molecule is C=C(NC(CC(=C)N1C[C@@H]2C[C@@H]2C1C(=C)NC(CC1CCC1)C(=O)C(=C)N)C(C)(C)C)NC1(COC(=C)OC)CCCCCC1.CC.CCCC. The number of hydrogen-bond acceptors (Lipinski definition) is 8. The van der Waals surface area contributed by atoms with Crippen molar-refractivity contribution < 1.29 is 14.3 Å². The summed E-state index contributed by atoms with van der Waals surface area (Å²) < 4.78 is 11.1. The Balaban J connectivity index is 0.00000140. The van der Waals surface area contributed by atoms with Crippen LogP contribution in [0.15, 0.2) is 61.8 Å². The number of ether oxygens (including phenoxy) is 2. The molecule has 292 valence electrons. The fraction of sp³-hybridized carbons (Fsp3) is 0.744. The van der Waals surface area contributed by atoms with E-state index < -0.39 is 0 Å². The van der Waals surface area contributed by atoms with Crippen molar-refractivity contribution in [3.63, 3.8) is 0 Å². The summed E-state index contributed by atoms with van der Waals surface area (Å²) >= 11 is 0. The summed E-state index contributed by atoms with van der Waals surface area (Å²) in [5.41, 5.74) is 7.71. The molecule has 0 bridgehead atoms. The van der Waals surface area contributed by atoms with Crippen LogP contribution in [-0.2, 0) is 14.3 Å². The normalized spacial score (nSPS) is 23.1. The number of nitrogens with two attached hydrogens (primary N) is 1. The van der Waals surface area contributed by atoms with Gasteiger partial charge in [0.2, 0.25) is 0 Å². The standard InChI is InChI=1S/C37H61N5O3.C4H10.C2H6/c1-24(42-22-30-21-31(30)34(42)26(3)39-32(35(43)25(2)38)20-29-15-14-16-29)19-33(36(6,7)8)40-27(4)41-37(23-45-28(5)44-9)17-12-10-11-13-18-37;1-3-4-2;1-2/h29-34,39-41H,1-5,10-23,38H2,6-9H3;3-4H2,1-2H3;1-2H3/t30-,31-,32?,33?,34?;;/m0../s1. The molecule has 5 atom stereocenters. The maximum Gasteiger partial charge on any atom is 0.271 e. The third-order valence-corrected chi connectivity index (χ3v) is 11.2. The van der Waals surface area contributed by atoms with E-state index in [0.717, 1.165) is 62.3 Å². The van der Waals surface area contributed by atoms with Gasteiger partial charge in [0, 0.05) is 30.4 Å². The number of nitrogens with one attached hydrogen (secondary N) is 3. The molecule has 0 aromatic carbocycles. The molecule has 3 aliphatic carbocycles. The zero-order chi connectivity index (χ0) is 38.4. The Kier molecular flexibility index (Phi) is 18.1. The van der Waals surface area contributed by atoms with Crippen molar-refractivity contribution in [2.45, 2.75) is 162 Å². The minimum atomic E-state index is -0.368. The number of piperidine rings is 1. The van der Waals surface area contributed by atoms with E-state index in [1.54, 1.807) is 7.11 Å². The number of unbranched alkanes of at least 4 members (excludes halogenated alkanes) is 1. The molecule has 0 amide bonds. The fourth-order valence-electron chi connectivity index (χ4n) is 7.55. The third-order valence-electron chi connectivity index (χ3n) is 11.2. The second-order valence-electron chi connectivity index (χ2n) is 16.4. The van der Waals surface area contributed by atoms with Gasteiger partial charge in [-0.25, -0.2) is 0 Å². The number of carbonyl (C=O) groups is 1. The highest BCUT2D eigenvalue weighted by molar-refractivity contribution is 5.98. The second kappa shape index (κ2) is 20.9. The monoisotopic (exact) mass is 712 g/mol. The van der Waals surface area contributed by atoms with Crippen LogP contribution in [0.25, 0.3) is 0 Å². The lowest BCUT2D eigenvalue weighted by molar-refractivity contribution is -0.118. The Morgan fingerprint density at radius 3 is 2.06 bits per heavy atom. The van der Waals surface area contributed by atoms with E-state index in [4.69, 9.17) is 15.2 Å². The van der Waals surface area contributed by atoms with Crippen molar-refractivity contribution in [2.75, 3.05) is 20.3 Å². The summed E-state index contributed by atoms with van der Waals surface area (Å²) in [7, 11) is 1.58. The van der Waals surface area contributed by atoms with Crippen molar-refractivity contribution in [1.29, 1.82) is 0 Å². The molecule has 0 spiro atoms. The molecule has 8 nitrogen and oxygen atoms in total. The van der Waals surface area contributed by atoms with Gasteiger partial charge in [0.25, 0.3) is 5.95 Å². The van der Waals surface area contributed by atoms with Crippen LogP contribution in [0.2, 0.25) is 0 Å². The lowest BCUT2D eigenvalue weighted by Crippen LogP contribution is -2.53. The van der Waals surface area contributed by atoms with Crippen LogP contribution in [0, 0.1) is 23.2 Å². The topological polar surface area (TPSA) is 101 Å². The van der Waals surface area contributed by atoms with Gasteiger partial charge in [0.1, 0.15) is 6.61 Å². The number of fused-ring (bicyclic) bond motifs is 1. The van der Waals surface area contributed by atoms with Gasteiger partial charge in [-0.15, -0.1) is 0 Å². The molecule has 1 heterocycles. The van der Waals surface area contributed by atoms with Crippen LogP contribution in [-0.4, -0.2) is 54.6 Å². The van der Waals surface area contributed by atoms with Crippen LogP contribution in [0.5, 0.6) is 0 Å². The Morgan fingerprint density at radius 1 is 0.961 bits per heavy atom. The minimum absolute atomic E-state index is 0.0554. The molecular weight excluding hydrogens is 635 g/mol. The summed E-state index contributed by atoms with van der Waals surface area (Å²) in [6.07, 6.45) is 15.7. The van der Waals surface area contributed by atoms with Crippen LogP contribution >= 0.6 is 0 Å². The Bertz CT molecular complexity index is 1160. The molecule has 5 N–H and O–H groups in total. The molecule has 0 radical (unpaired) electrons. The third kappa shape index (κ3) is 13.5. The summed E-state index contributed by atoms with van der Waals surface area (Å²) in [4.78, 5) is 15.4. The van der Waals surface area contributed by atoms with E-state index in [-0.39, 0.29) is 40.6 Å². The first-order chi connectivity index (χ1) is 24.1. The number of Topliss-reactive ketones (excluding diaryl/α,β-unsaturated/α-hetero) is 1. The molecule has 3 saturated carbocycles. The van der Waals surface area contributed by atoms with Crippen molar-refractivity contribution in [3.05, 3.63) is 61.8 Å². The fourth-order valence-corrected chi connectivity index (χ4v) is 7.55. The number of methoxy groups -OCH3 is 1. The van der Waals surface area contributed by atoms with E-state index in [1.807, 2.05) is 13.8 Å². The van der Waals surface area contributed by atoms with Crippen LogP contribution in [0.4, 0.5) is 0 Å². The second-order valence-corrected chi connectivity index (χ2v) is 16.4. The lowest BCUT2D eigenvalue weighted by atomic mass is 9.80. The summed E-state index contributed by atoms with van der Waals surface area (Å²) in [5, 5.41) is 11.1. The molecule has 4 fully saturated rings. The first-order valence-electron chi connectivity index (χ1n) is 20.1. The zero-order valence-corrected chi connectivity index (χ0v) is 34.1. The number of ketones is 1. The van der Waals surface area contributed by atoms with Crippen molar-refractivity contribution in [1.82, 2.24) is 20.9 Å². The van der Waals surface area contributed by atoms with Gasteiger partial charge in [-0.3, -0.25) is 4.79 Å². The Hall–Kier alpha value is -3.03. The first-order valence-corrected chi connectivity index (χ1v) is 20.1. The van der Waals surface area contributed by atoms with Gasteiger partial charge in [-0.05, 0) is 55.4 Å². The van der Waals surface area contributed by atoms with Crippen LogP contribution in [0.1, 0.15) is 138 Å². The molecule has 0 aromatic rings. The van der Waals surface area contributed by atoms with Gasteiger partial charge < -0.3 is 36.1 Å². The van der Waals surface area contributed by atoms with E-state index in [9.17, 15) is 4.79 Å². The number of carbonyl (C=O) groups excluding carboxylic acids is 1. The quantitative estimate of drug-likeness (QED) is 0.0599. The maximum absolute atomic E-state index is 13.0.